The molecule has 1 fully saturated rings. The second kappa shape index (κ2) is 8.47. The Morgan fingerprint density at radius 2 is 1.61 bits per heavy atom. The lowest BCUT2D eigenvalue weighted by Crippen LogP contribution is -2.41. The van der Waals surface area contributed by atoms with Crippen molar-refractivity contribution in [3.8, 4) is 11.1 Å². The van der Waals surface area contributed by atoms with Crippen LogP contribution in [0.1, 0.15) is 27.4 Å². The van der Waals surface area contributed by atoms with Crippen molar-refractivity contribution in [2.75, 3.05) is 37.7 Å². The summed E-state index contributed by atoms with van der Waals surface area (Å²) in [4.78, 5) is 26.9. The third-order valence-electron chi connectivity index (χ3n) is 5.99. The summed E-state index contributed by atoms with van der Waals surface area (Å²) in [7, 11) is 0. The number of carbonyl (C=O) groups is 1. The SMILES string of the molecule is Cc1nc2c(c(N3CCOCC3)n1)CN(C(=O)c1ccc(-c3ccccc3)cc1)CC2. The molecule has 0 saturated carbocycles. The maximum absolute atomic E-state index is 13.3. The molecular formula is C25H26N4O2. The molecule has 0 radical (unpaired) electrons. The molecule has 6 nitrogen and oxygen atoms in total. The Balaban J connectivity index is 1.38. The molecule has 0 bridgehead atoms. The van der Waals surface area contributed by atoms with E-state index in [0.717, 1.165) is 53.5 Å². The maximum Gasteiger partial charge on any atom is 0.254 e. The minimum atomic E-state index is 0.0544. The number of rotatable bonds is 3. The molecule has 1 saturated heterocycles. The number of aromatic nitrogens is 2. The number of anilines is 1. The fourth-order valence-electron chi connectivity index (χ4n) is 4.35. The molecule has 1 aromatic heterocycles. The molecule has 158 valence electrons. The molecule has 0 unspecified atom stereocenters. The molecule has 0 N–H and O–H groups in total. The standard InChI is InChI=1S/C25H26N4O2/c1-18-26-23-11-12-29(17-22(23)24(27-18)28-13-15-31-16-14-28)25(30)21-9-7-20(8-10-21)19-5-3-2-4-6-19/h2-10H,11-17H2,1H3. The number of fused-ring (bicyclic) bond motifs is 1. The van der Waals surface area contributed by atoms with Crippen LogP contribution in [0.2, 0.25) is 0 Å². The Morgan fingerprint density at radius 3 is 2.35 bits per heavy atom. The average molecular weight is 415 g/mol. The molecular weight excluding hydrogens is 388 g/mol. The molecule has 3 aromatic rings. The van der Waals surface area contributed by atoms with Gasteiger partial charge in [-0.15, -0.1) is 0 Å². The molecule has 0 spiro atoms. The van der Waals surface area contributed by atoms with E-state index in [4.69, 9.17) is 9.72 Å². The first-order valence-electron chi connectivity index (χ1n) is 10.8. The van der Waals surface area contributed by atoms with E-state index in [-0.39, 0.29) is 5.91 Å². The van der Waals surface area contributed by atoms with Crippen LogP contribution in [0, 0.1) is 6.92 Å². The lowest BCUT2D eigenvalue weighted by Gasteiger charge is -2.34. The average Bonchev–Trinajstić information content (AvgIpc) is 2.84. The maximum atomic E-state index is 13.3. The first kappa shape index (κ1) is 19.7. The van der Waals surface area contributed by atoms with Crippen LogP contribution < -0.4 is 4.90 Å². The van der Waals surface area contributed by atoms with Gasteiger partial charge in [0, 0.05) is 37.2 Å². The predicted octanol–water partition coefficient (Wildman–Crippen LogP) is 3.49. The summed E-state index contributed by atoms with van der Waals surface area (Å²) in [5.74, 6) is 1.80. The van der Waals surface area contributed by atoms with Crippen molar-refractivity contribution >= 4 is 11.7 Å². The monoisotopic (exact) mass is 414 g/mol. The quantitative estimate of drug-likeness (QED) is 0.657. The van der Waals surface area contributed by atoms with Crippen molar-refractivity contribution in [2.24, 2.45) is 0 Å². The molecule has 2 aliphatic heterocycles. The summed E-state index contributed by atoms with van der Waals surface area (Å²) in [6, 6.07) is 18.1. The van der Waals surface area contributed by atoms with E-state index in [1.807, 2.05) is 54.3 Å². The minimum Gasteiger partial charge on any atom is -0.378 e. The van der Waals surface area contributed by atoms with Gasteiger partial charge in [-0.05, 0) is 30.2 Å². The van der Waals surface area contributed by atoms with Crippen molar-refractivity contribution in [3.05, 3.63) is 77.2 Å². The zero-order valence-electron chi connectivity index (χ0n) is 17.8. The van der Waals surface area contributed by atoms with E-state index >= 15 is 0 Å². The van der Waals surface area contributed by atoms with Gasteiger partial charge in [-0.25, -0.2) is 9.97 Å². The molecule has 2 aromatic carbocycles. The highest BCUT2D eigenvalue weighted by Crippen LogP contribution is 2.28. The number of aryl methyl sites for hydroxylation is 1. The van der Waals surface area contributed by atoms with Crippen LogP contribution in [-0.2, 0) is 17.7 Å². The second-order valence-corrected chi connectivity index (χ2v) is 8.04. The van der Waals surface area contributed by atoms with Crippen LogP contribution in [0.5, 0.6) is 0 Å². The smallest absolute Gasteiger partial charge is 0.254 e. The molecule has 5 rings (SSSR count). The van der Waals surface area contributed by atoms with Crippen molar-refractivity contribution < 1.29 is 9.53 Å². The Bertz CT molecular complexity index is 1080. The molecule has 3 heterocycles. The molecule has 31 heavy (non-hydrogen) atoms. The number of hydrogen-bond acceptors (Lipinski definition) is 5. The second-order valence-electron chi connectivity index (χ2n) is 8.04. The van der Waals surface area contributed by atoms with E-state index in [9.17, 15) is 4.79 Å². The highest BCUT2D eigenvalue weighted by atomic mass is 16.5. The number of carbonyl (C=O) groups excluding carboxylic acids is 1. The Morgan fingerprint density at radius 1 is 0.903 bits per heavy atom. The van der Waals surface area contributed by atoms with Gasteiger partial charge in [0.2, 0.25) is 0 Å². The lowest BCUT2D eigenvalue weighted by atomic mass is 10.0. The summed E-state index contributed by atoms with van der Waals surface area (Å²) in [5, 5.41) is 0. The first-order chi connectivity index (χ1) is 15.2. The van der Waals surface area contributed by atoms with E-state index in [2.05, 4.69) is 22.0 Å². The summed E-state index contributed by atoms with van der Waals surface area (Å²) in [6.45, 7) is 6.20. The Hall–Kier alpha value is -3.25. The zero-order valence-corrected chi connectivity index (χ0v) is 17.8. The van der Waals surface area contributed by atoms with Crippen LogP contribution in [0.15, 0.2) is 54.6 Å². The van der Waals surface area contributed by atoms with Crippen LogP contribution in [0.25, 0.3) is 11.1 Å². The van der Waals surface area contributed by atoms with Gasteiger partial charge in [0.05, 0.1) is 25.5 Å². The van der Waals surface area contributed by atoms with Crippen LogP contribution in [-0.4, -0.2) is 53.6 Å². The summed E-state index contributed by atoms with van der Waals surface area (Å²) < 4.78 is 5.50. The van der Waals surface area contributed by atoms with Crippen molar-refractivity contribution in [2.45, 2.75) is 19.9 Å². The van der Waals surface area contributed by atoms with Crippen molar-refractivity contribution in [1.82, 2.24) is 14.9 Å². The molecule has 2 aliphatic rings. The third-order valence-corrected chi connectivity index (χ3v) is 5.99. The fourth-order valence-corrected chi connectivity index (χ4v) is 4.35. The van der Waals surface area contributed by atoms with Gasteiger partial charge >= 0.3 is 0 Å². The first-order valence-corrected chi connectivity index (χ1v) is 10.8. The van der Waals surface area contributed by atoms with Crippen LogP contribution >= 0.6 is 0 Å². The van der Waals surface area contributed by atoms with Crippen LogP contribution in [0.4, 0.5) is 5.82 Å². The van der Waals surface area contributed by atoms with Crippen LogP contribution in [0.3, 0.4) is 0 Å². The number of morpholine rings is 1. The topological polar surface area (TPSA) is 58.6 Å². The van der Waals surface area contributed by atoms with Gasteiger partial charge in [-0.3, -0.25) is 4.79 Å². The van der Waals surface area contributed by atoms with Gasteiger partial charge in [-0.1, -0.05) is 42.5 Å². The number of amides is 1. The highest BCUT2D eigenvalue weighted by molar-refractivity contribution is 5.95. The minimum absolute atomic E-state index is 0.0544. The molecule has 1 amide bonds. The van der Waals surface area contributed by atoms with E-state index < -0.39 is 0 Å². The van der Waals surface area contributed by atoms with E-state index in [1.54, 1.807) is 0 Å². The van der Waals surface area contributed by atoms with E-state index in [0.29, 0.717) is 31.9 Å². The number of ether oxygens (including phenoxy) is 1. The normalized spacial score (nSPS) is 16.2. The summed E-state index contributed by atoms with van der Waals surface area (Å²) >= 11 is 0. The van der Waals surface area contributed by atoms with Gasteiger partial charge in [0.25, 0.3) is 5.91 Å². The molecule has 0 atom stereocenters. The third kappa shape index (κ3) is 4.03. The van der Waals surface area contributed by atoms with Gasteiger partial charge < -0.3 is 14.5 Å². The molecule has 0 aliphatic carbocycles. The number of benzene rings is 2. The molecule has 6 heteroatoms. The lowest BCUT2D eigenvalue weighted by molar-refractivity contribution is 0.0733. The zero-order chi connectivity index (χ0) is 21.2. The van der Waals surface area contributed by atoms with E-state index in [1.165, 1.54) is 0 Å². The Labute approximate surface area is 182 Å². The van der Waals surface area contributed by atoms with Crippen molar-refractivity contribution in [1.29, 1.82) is 0 Å². The summed E-state index contributed by atoms with van der Waals surface area (Å²) in [6.07, 6.45) is 0.754. The van der Waals surface area contributed by atoms with Gasteiger partial charge in [0.15, 0.2) is 0 Å². The number of hydrogen-bond donors (Lipinski definition) is 0. The van der Waals surface area contributed by atoms with Gasteiger partial charge in [0.1, 0.15) is 11.6 Å². The van der Waals surface area contributed by atoms with Gasteiger partial charge in [-0.2, -0.15) is 0 Å². The predicted molar refractivity (Wildman–Crippen MR) is 120 cm³/mol. The largest absolute Gasteiger partial charge is 0.378 e. The summed E-state index contributed by atoms with van der Waals surface area (Å²) in [5.41, 5.74) is 5.12. The fraction of sp³-hybridized carbons (Fsp3) is 0.320. The highest BCUT2D eigenvalue weighted by Gasteiger charge is 2.28. The van der Waals surface area contributed by atoms with Crippen molar-refractivity contribution in [3.63, 3.8) is 0 Å². The Kier molecular flexibility index (Phi) is 5.38. The number of nitrogens with zero attached hydrogens (tertiary/aromatic N) is 4.